The largest absolute Gasteiger partial charge is 0.456 e. The first-order valence-electron chi connectivity index (χ1n) is 8.96. The summed E-state index contributed by atoms with van der Waals surface area (Å²) < 4.78 is 16.0. The third kappa shape index (κ3) is 3.70. The van der Waals surface area contributed by atoms with Crippen LogP contribution in [-0.2, 0) is 19.1 Å². The summed E-state index contributed by atoms with van der Waals surface area (Å²) in [6.07, 6.45) is 0.0702. The maximum Gasteiger partial charge on any atom is 0.349 e. The van der Waals surface area contributed by atoms with Gasteiger partial charge in [-0.3, -0.25) is 10.1 Å². The van der Waals surface area contributed by atoms with E-state index in [1.165, 1.54) is 24.3 Å². The molecule has 1 aliphatic rings. The van der Waals surface area contributed by atoms with Gasteiger partial charge in [0.1, 0.15) is 17.1 Å². The first-order valence-corrected chi connectivity index (χ1v) is 8.96. The number of cyclic esters (lactones) is 2. The molecule has 30 heavy (non-hydrogen) atoms. The molecule has 2 heterocycles. The second-order valence-corrected chi connectivity index (χ2v) is 6.59. The normalized spacial score (nSPS) is 16.0. The molecule has 0 bridgehead atoms. The second kappa shape index (κ2) is 7.67. The van der Waals surface area contributed by atoms with E-state index in [2.05, 4.69) is 0 Å². The van der Waals surface area contributed by atoms with E-state index in [1.807, 2.05) is 0 Å². The molecule has 0 N–H and O–H groups in total. The van der Waals surface area contributed by atoms with Gasteiger partial charge in [-0.15, -0.1) is 0 Å². The molecule has 0 aliphatic carbocycles. The molecule has 8 heteroatoms. The van der Waals surface area contributed by atoms with Crippen LogP contribution in [0.15, 0.2) is 70.7 Å². The van der Waals surface area contributed by atoms with Gasteiger partial charge in [0, 0.05) is 17.7 Å². The van der Waals surface area contributed by atoms with E-state index in [0.717, 1.165) is 5.56 Å². The number of carbonyl (C=O) groups is 2. The molecule has 150 valence electrons. The third-order valence-corrected chi connectivity index (χ3v) is 4.47. The smallest absolute Gasteiger partial charge is 0.349 e. The van der Waals surface area contributed by atoms with Crippen molar-refractivity contribution in [2.24, 2.45) is 0 Å². The fraction of sp³-hybridized carbons (Fsp3) is 0.0909. The summed E-state index contributed by atoms with van der Waals surface area (Å²) in [5, 5.41) is 11.3. The molecular weight excluding hydrogens is 390 g/mol. The van der Waals surface area contributed by atoms with Crippen LogP contribution >= 0.6 is 0 Å². The Morgan fingerprint density at radius 1 is 0.967 bits per heavy atom. The highest BCUT2D eigenvalue weighted by Crippen LogP contribution is 2.33. The van der Waals surface area contributed by atoms with Crippen molar-refractivity contribution in [3.05, 3.63) is 93.2 Å². The average Bonchev–Trinajstić information content (AvgIpc) is 3.19. The minimum atomic E-state index is -1.12. The lowest BCUT2D eigenvalue weighted by Gasteiger charge is -2.23. The Balaban J connectivity index is 1.60. The highest BCUT2D eigenvalue weighted by Gasteiger charge is 2.34. The number of furan rings is 1. The lowest BCUT2D eigenvalue weighted by Crippen LogP contribution is -2.29. The number of aryl methyl sites for hydroxylation is 1. The van der Waals surface area contributed by atoms with E-state index in [-0.39, 0.29) is 28.3 Å². The highest BCUT2D eigenvalue weighted by atomic mass is 16.7. The predicted octanol–water partition coefficient (Wildman–Crippen LogP) is 4.35. The lowest BCUT2D eigenvalue weighted by atomic mass is 10.1. The van der Waals surface area contributed by atoms with Gasteiger partial charge in [-0.1, -0.05) is 36.4 Å². The summed E-state index contributed by atoms with van der Waals surface area (Å²) >= 11 is 0. The summed E-state index contributed by atoms with van der Waals surface area (Å²) in [7, 11) is 0. The molecular formula is C22H15NO7. The first kappa shape index (κ1) is 19.1. The fourth-order valence-electron chi connectivity index (χ4n) is 3.01. The van der Waals surface area contributed by atoms with Crippen LogP contribution < -0.4 is 0 Å². The monoisotopic (exact) mass is 405 g/mol. The molecule has 1 aliphatic heterocycles. The SMILES string of the molecule is Cc1ccc(-c2ccc(C=C3C(=O)OC(c4ccccc4)OC3=O)o2)c([N+](=O)[O-])c1. The molecule has 1 saturated heterocycles. The third-order valence-electron chi connectivity index (χ3n) is 4.47. The van der Waals surface area contributed by atoms with Gasteiger partial charge in [-0.2, -0.15) is 0 Å². The number of nitro groups is 1. The Kier molecular flexibility index (Phi) is 4.89. The van der Waals surface area contributed by atoms with Crippen molar-refractivity contribution in [1.29, 1.82) is 0 Å². The molecule has 4 rings (SSSR count). The minimum absolute atomic E-state index is 0.106. The van der Waals surface area contributed by atoms with Crippen molar-refractivity contribution >= 4 is 23.7 Å². The van der Waals surface area contributed by atoms with Crippen molar-refractivity contribution in [2.75, 3.05) is 0 Å². The van der Waals surface area contributed by atoms with Crippen molar-refractivity contribution in [3.8, 4) is 11.3 Å². The van der Waals surface area contributed by atoms with Crippen LogP contribution in [0.1, 0.15) is 23.2 Å². The first-order chi connectivity index (χ1) is 14.4. The lowest BCUT2D eigenvalue weighted by molar-refractivity contribution is -0.384. The number of carbonyl (C=O) groups excluding carboxylic acids is 2. The van der Waals surface area contributed by atoms with Gasteiger partial charge in [0.25, 0.3) is 12.0 Å². The fourth-order valence-corrected chi connectivity index (χ4v) is 3.01. The van der Waals surface area contributed by atoms with Gasteiger partial charge >= 0.3 is 11.9 Å². The zero-order valence-electron chi connectivity index (χ0n) is 15.7. The quantitative estimate of drug-likeness (QED) is 0.209. The van der Waals surface area contributed by atoms with Crippen LogP contribution in [0.4, 0.5) is 5.69 Å². The molecule has 0 unspecified atom stereocenters. The zero-order valence-corrected chi connectivity index (χ0v) is 15.7. The van der Waals surface area contributed by atoms with Crippen molar-refractivity contribution in [3.63, 3.8) is 0 Å². The van der Waals surface area contributed by atoms with E-state index >= 15 is 0 Å². The van der Waals surface area contributed by atoms with Crippen LogP contribution in [0.25, 0.3) is 17.4 Å². The summed E-state index contributed by atoms with van der Waals surface area (Å²) in [5.41, 5.74) is 1.12. The molecule has 1 aromatic heterocycles. The molecule has 0 spiro atoms. The molecule has 0 saturated carbocycles. The minimum Gasteiger partial charge on any atom is -0.456 e. The topological polar surface area (TPSA) is 109 Å². The summed E-state index contributed by atoms with van der Waals surface area (Å²) in [6, 6.07) is 16.4. The van der Waals surface area contributed by atoms with E-state index < -0.39 is 23.2 Å². The van der Waals surface area contributed by atoms with Gasteiger partial charge < -0.3 is 13.9 Å². The van der Waals surface area contributed by atoms with Gasteiger partial charge in [-0.05, 0) is 30.7 Å². The maximum atomic E-state index is 12.3. The molecule has 8 nitrogen and oxygen atoms in total. The Morgan fingerprint density at radius 3 is 2.33 bits per heavy atom. The maximum absolute atomic E-state index is 12.3. The Labute approximate surface area is 170 Å². The van der Waals surface area contributed by atoms with E-state index in [0.29, 0.717) is 5.56 Å². The van der Waals surface area contributed by atoms with Crippen LogP contribution in [-0.4, -0.2) is 16.9 Å². The zero-order chi connectivity index (χ0) is 21.3. The Hall–Kier alpha value is -4.20. The van der Waals surface area contributed by atoms with Crippen LogP contribution in [0.2, 0.25) is 0 Å². The number of nitro benzene ring substituents is 1. The predicted molar refractivity (Wildman–Crippen MR) is 105 cm³/mol. The van der Waals surface area contributed by atoms with Crippen LogP contribution in [0, 0.1) is 17.0 Å². The number of nitrogens with zero attached hydrogens (tertiary/aromatic N) is 1. The average molecular weight is 405 g/mol. The molecule has 0 radical (unpaired) electrons. The van der Waals surface area contributed by atoms with Crippen molar-refractivity contribution < 1.29 is 28.4 Å². The number of rotatable bonds is 4. The number of hydrogen-bond donors (Lipinski definition) is 0. The number of esters is 2. The van der Waals surface area contributed by atoms with Crippen molar-refractivity contribution in [1.82, 2.24) is 0 Å². The molecule has 0 amide bonds. The summed E-state index contributed by atoms with van der Waals surface area (Å²) in [6.45, 7) is 1.75. The Morgan fingerprint density at radius 2 is 1.67 bits per heavy atom. The standard InChI is InChI=1S/C22H15NO7/c1-13-7-9-16(18(11-13)23(26)27)19-10-8-15(28-19)12-17-20(24)29-22(30-21(17)25)14-5-3-2-4-6-14/h2-12,22H,1H3. The van der Waals surface area contributed by atoms with E-state index in [4.69, 9.17) is 13.9 Å². The van der Waals surface area contributed by atoms with Crippen molar-refractivity contribution in [2.45, 2.75) is 13.2 Å². The van der Waals surface area contributed by atoms with Gasteiger partial charge in [0.15, 0.2) is 0 Å². The molecule has 3 aromatic rings. The van der Waals surface area contributed by atoms with Crippen LogP contribution in [0.5, 0.6) is 0 Å². The molecule has 2 aromatic carbocycles. The van der Waals surface area contributed by atoms with Crippen LogP contribution in [0.3, 0.4) is 0 Å². The van der Waals surface area contributed by atoms with Gasteiger partial charge in [0.2, 0.25) is 0 Å². The summed E-state index contributed by atoms with van der Waals surface area (Å²) in [5.74, 6) is -1.31. The second-order valence-electron chi connectivity index (χ2n) is 6.59. The number of ether oxygens (including phenoxy) is 2. The highest BCUT2D eigenvalue weighted by molar-refractivity contribution is 6.18. The van der Waals surface area contributed by atoms with E-state index in [1.54, 1.807) is 49.4 Å². The van der Waals surface area contributed by atoms with Gasteiger partial charge in [0.05, 0.1) is 10.5 Å². The molecule has 0 atom stereocenters. The summed E-state index contributed by atoms with van der Waals surface area (Å²) in [4.78, 5) is 35.5. The number of benzene rings is 2. The number of hydrogen-bond acceptors (Lipinski definition) is 7. The Bertz CT molecular complexity index is 1160. The van der Waals surface area contributed by atoms with Gasteiger partial charge in [-0.25, -0.2) is 9.59 Å². The van der Waals surface area contributed by atoms with E-state index in [9.17, 15) is 19.7 Å². The molecule has 1 fully saturated rings.